The van der Waals surface area contributed by atoms with Gasteiger partial charge in [0.2, 0.25) is 5.91 Å². The maximum atomic E-state index is 12.9. The monoisotopic (exact) mass is 470 g/mol. The lowest BCUT2D eigenvalue weighted by Gasteiger charge is -2.39. The van der Waals surface area contributed by atoms with Crippen LogP contribution >= 0.6 is 0 Å². The Morgan fingerprint density at radius 1 is 1.29 bits per heavy atom. The zero-order valence-electron chi connectivity index (χ0n) is 19.0. The number of ether oxygens (including phenoxy) is 1. The van der Waals surface area contributed by atoms with Crippen molar-refractivity contribution in [3.8, 4) is 11.8 Å². The lowest BCUT2D eigenvalue weighted by Crippen LogP contribution is -2.53. The van der Waals surface area contributed by atoms with Crippen LogP contribution in [0.1, 0.15) is 41.3 Å². The highest BCUT2D eigenvalue weighted by Gasteiger charge is 2.34. The van der Waals surface area contributed by atoms with Crippen molar-refractivity contribution >= 4 is 11.5 Å². The molecule has 0 bridgehead atoms. The second-order valence-electron chi connectivity index (χ2n) is 8.67. The van der Waals surface area contributed by atoms with Crippen LogP contribution in [0, 0.1) is 17.2 Å². The van der Waals surface area contributed by atoms with Gasteiger partial charge < -0.3 is 10.1 Å². The third kappa shape index (κ3) is 4.92. The molecule has 2 heterocycles. The highest BCUT2D eigenvalue weighted by Crippen LogP contribution is 2.35. The quantitative estimate of drug-likeness (QED) is 0.692. The first kappa shape index (κ1) is 23.8. The minimum atomic E-state index is -4.62. The van der Waals surface area contributed by atoms with Crippen molar-refractivity contribution in [1.82, 2.24) is 15.2 Å². The summed E-state index contributed by atoms with van der Waals surface area (Å²) in [5.41, 5.74) is 3.66. The minimum Gasteiger partial charge on any atom is -0.487 e. The average Bonchev–Trinajstić information content (AvgIpc) is 2.79. The molecule has 0 saturated carbocycles. The van der Waals surface area contributed by atoms with Gasteiger partial charge in [-0.1, -0.05) is 11.6 Å². The van der Waals surface area contributed by atoms with E-state index >= 15 is 0 Å². The summed E-state index contributed by atoms with van der Waals surface area (Å²) in [6.07, 6.45) is -2.16. The first-order valence-corrected chi connectivity index (χ1v) is 11.0. The number of fused-ring (bicyclic) bond motifs is 1. The smallest absolute Gasteiger partial charge is 0.419 e. The van der Waals surface area contributed by atoms with Crippen molar-refractivity contribution in [2.75, 3.05) is 26.7 Å². The van der Waals surface area contributed by atoms with Gasteiger partial charge in [0, 0.05) is 32.9 Å². The van der Waals surface area contributed by atoms with E-state index in [2.05, 4.69) is 22.1 Å². The van der Waals surface area contributed by atoms with Gasteiger partial charge in [-0.05, 0) is 54.7 Å². The molecule has 1 amide bonds. The Balaban J connectivity index is 1.40. The molecule has 1 aromatic carbocycles. The zero-order chi connectivity index (χ0) is 24.5. The van der Waals surface area contributed by atoms with Crippen LogP contribution < -0.4 is 10.1 Å². The van der Waals surface area contributed by atoms with Crippen LogP contribution in [0.15, 0.2) is 36.0 Å². The standard InChI is InChI=1S/C25H25F3N4O2/c1-15-17(11-32-12-19(13-32)24(33)30-2)4-3-16-8-21(5-6-22(15)16)34-14-20-7-18(9-29)23(10-31-20)25(26,27)28/h5-8,10,19H,3-4,11-14H2,1-2H3,(H,30,33). The SMILES string of the molecule is CNC(=O)C1CN(CC2=C(C)c3ccc(OCc4cc(C#N)c(C(F)(F)F)cn4)cc3CC2)C1. The van der Waals surface area contributed by atoms with Gasteiger partial charge in [-0.25, -0.2) is 0 Å². The first-order valence-electron chi connectivity index (χ1n) is 11.0. The highest BCUT2D eigenvalue weighted by atomic mass is 19.4. The van der Waals surface area contributed by atoms with Crippen LogP contribution in [-0.2, 0) is 24.0 Å². The van der Waals surface area contributed by atoms with E-state index in [9.17, 15) is 18.0 Å². The van der Waals surface area contributed by atoms with Gasteiger partial charge >= 0.3 is 6.18 Å². The summed E-state index contributed by atoms with van der Waals surface area (Å²) in [7, 11) is 1.66. The largest absolute Gasteiger partial charge is 0.487 e. The number of aromatic nitrogens is 1. The van der Waals surface area contributed by atoms with E-state index in [0.717, 1.165) is 49.7 Å². The van der Waals surface area contributed by atoms with E-state index in [1.807, 2.05) is 18.2 Å². The Labute approximate surface area is 196 Å². The van der Waals surface area contributed by atoms with Gasteiger partial charge in [0.25, 0.3) is 0 Å². The molecular formula is C25H25F3N4O2. The number of allylic oxidation sites excluding steroid dienone is 1. The first-order chi connectivity index (χ1) is 16.2. The molecule has 1 N–H and O–H groups in total. The van der Waals surface area contributed by atoms with Crippen molar-refractivity contribution in [2.45, 2.75) is 32.5 Å². The lowest BCUT2D eigenvalue weighted by molar-refractivity contribution is -0.138. The number of benzene rings is 1. The van der Waals surface area contributed by atoms with E-state index in [0.29, 0.717) is 11.9 Å². The molecule has 1 aliphatic carbocycles. The molecule has 4 rings (SSSR count). The van der Waals surface area contributed by atoms with Crippen LogP contribution in [0.3, 0.4) is 0 Å². The molecule has 0 unspecified atom stereocenters. The second-order valence-corrected chi connectivity index (χ2v) is 8.67. The van der Waals surface area contributed by atoms with Crippen LogP contribution in [0.2, 0.25) is 0 Å². The fourth-order valence-corrected chi connectivity index (χ4v) is 4.49. The van der Waals surface area contributed by atoms with Gasteiger partial charge in [0.05, 0.1) is 28.8 Å². The molecule has 1 saturated heterocycles. The number of amides is 1. The number of rotatable bonds is 6. The Kier molecular flexibility index (Phi) is 6.62. The number of pyridine rings is 1. The number of nitrogens with one attached hydrogen (secondary N) is 1. The molecule has 1 aliphatic heterocycles. The lowest BCUT2D eigenvalue weighted by atomic mass is 9.85. The summed E-state index contributed by atoms with van der Waals surface area (Å²) in [6, 6.07) is 8.49. The predicted octanol–water partition coefficient (Wildman–Crippen LogP) is 3.95. The van der Waals surface area contributed by atoms with E-state index in [1.54, 1.807) is 13.1 Å². The second kappa shape index (κ2) is 9.47. The van der Waals surface area contributed by atoms with E-state index in [-0.39, 0.29) is 24.1 Å². The average molecular weight is 470 g/mol. The van der Waals surface area contributed by atoms with Crippen molar-refractivity contribution in [2.24, 2.45) is 5.92 Å². The predicted molar refractivity (Wildman–Crippen MR) is 120 cm³/mol. The molecule has 1 fully saturated rings. The summed E-state index contributed by atoms with van der Waals surface area (Å²) in [6.45, 7) is 4.49. The van der Waals surface area contributed by atoms with Crippen LogP contribution in [0.25, 0.3) is 5.57 Å². The normalized spacial score (nSPS) is 16.5. The maximum absolute atomic E-state index is 12.9. The van der Waals surface area contributed by atoms with E-state index in [4.69, 9.17) is 10.00 Å². The molecule has 0 radical (unpaired) electrons. The minimum absolute atomic E-state index is 0.0346. The molecular weight excluding hydrogens is 445 g/mol. The molecule has 1 aromatic heterocycles. The fourth-order valence-electron chi connectivity index (χ4n) is 4.49. The Hall–Kier alpha value is -3.38. The highest BCUT2D eigenvalue weighted by molar-refractivity contribution is 5.79. The van der Waals surface area contributed by atoms with Gasteiger partial charge in [0.15, 0.2) is 0 Å². The molecule has 0 spiro atoms. The van der Waals surface area contributed by atoms with Crippen molar-refractivity contribution in [1.29, 1.82) is 5.26 Å². The fraction of sp³-hybridized carbons (Fsp3) is 0.400. The number of aryl methyl sites for hydroxylation is 1. The van der Waals surface area contributed by atoms with Gasteiger partial charge in [0.1, 0.15) is 12.4 Å². The summed E-state index contributed by atoms with van der Waals surface area (Å²) < 4.78 is 44.6. The van der Waals surface area contributed by atoms with Crippen LogP contribution in [0.5, 0.6) is 5.75 Å². The van der Waals surface area contributed by atoms with E-state index in [1.165, 1.54) is 11.1 Å². The van der Waals surface area contributed by atoms with Crippen molar-refractivity contribution < 1.29 is 22.7 Å². The number of carbonyl (C=O) groups is 1. The number of halogens is 3. The van der Waals surface area contributed by atoms with Crippen molar-refractivity contribution in [3.05, 3.63) is 64.0 Å². The number of nitriles is 1. The summed E-state index contributed by atoms with van der Waals surface area (Å²) in [5.74, 6) is 0.773. The van der Waals surface area contributed by atoms with Gasteiger partial charge in [-0.15, -0.1) is 0 Å². The molecule has 9 heteroatoms. The number of hydrogen-bond donors (Lipinski definition) is 1. The Morgan fingerprint density at radius 3 is 2.74 bits per heavy atom. The Bertz CT molecular complexity index is 1180. The Morgan fingerprint density at radius 2 is 2.06 bits per heavy atom. The molecule has 0 atom stereocenters. The molecule has 178 valence electrons. The topological polar surface area (TPSA) is 78.3 Å². The maximum Gasteiger partial charge on any atom is 0.419 e. The molecule has 6 nitrogen and oxygen atoms in total. The summed E-state index contributed by atoms with van der Waals surface area (Å²) in [5, 5.41) is 11.7. The number of carbonyl (C=O) groups excluding carboxylic acids is 1. The van der Waals surface area contributed by atoms with Gasteiger partial charge in [-0.2, -0.15) is 18.4 Å². The number of hydrogen-bond acceptors (Lipinski definition) is 5. The number of likely N-dealkylation sites (tertiary alicyclic amines) is 1. The van der Waals surface area contributed by atoms with Crippen LogP contribution in [0.4, 0.5) is 13.2 Å². The van der Waals surface area contributed by atoms with Crippen LogP contribution in [-0.4, -0.2) is 42.5 Å². The molecule has 2 aromatic rings. The number of nitrogens with zero attached hydrogens (tertiary/aromatic N) is 3. The third-order valence-corrected chi connectivity index (χ3v) is 6.47. The van der Waals surface area contributed by atoms with Crippen molar-refractivity contribution in [3.63, 3.8) is 0 Å². The van der Waals surface area contributed by atoms with E-state index < -0.39 is 17.3 Å². The summed E-state index contributed by atoms with van der Waals surface area (Å²) in [4.78, 5) is 17.8. The number of alkyl halides is 3. The zero-order valence-corrected chi connectivity index (χ0v) is 19.0. The molecule has 34 heavy (non-hydrogen) atoms. The van der Waals surface area contributed by atoms with Gasteiger partial charge in [-0.3, -0.25) is 14.7 Å². The molecule has 2 aliphatic rings. The summed E-state index contributed by atoms with van der Waals surface area (Å²) >= 11 is 0. The third-order valence-electron chi connectivity index (χ3n) is 6.47.